The molecular weight excluding hydrogens is 382 g/mol. The van der Waals surface area contributed by atoms with Crippen molar-refractivity contribution < 1.29 is 19.5 Å². The Kier molecular flexibility index (Phi) is 6.87. The van der Waals surface area contributed by atoms with Crippen LogP contribution in [0.3, 0.4) is 0 Å². The Morgan fingerprint density at radius 1 is 1.17 bits per heavy atom. The highest BCUT2D eigenvalue weighted by Gasteiger charge is 2.10. The minimum atomic E-state index is -0.569. The Morgan fingerprint density at radius 2 is 1.93 bits per heavy atom. The zero-order valence-corrected chi connectivity index (χ0v) is 17.0. The van der Waals surface area contributed by atoms with Crippen molar-refractivity contribution in [1.82, 2.24) is 15.4 Å². The molecule has 3 aromatic rings. The molecule has 1 heterocycles. The summed E-state index contributed by atoms with van der Waals surface area (Å²) in [6.07, 6.45) is 5.74. The van der Waals surface area contributed by atoms with Crippen LogP contribution < -0.4 is 15.5 Å². The maximum Gasteiger partial charge on any atom is 0.267 e. The maximum atomic E-state index is 11.2. The summed E-state index contributed by atoms with van der Waals surface area (Å²) in [5.41, 5.74) is 5.78. The number of ether oxygens (including phenoxy) is 1. The Bertz CT molecular complexity index is 1070. The van der Waals surface area contributed by atoms with E-state index in [4.69, 9.17) is 9.94 Å². The fourth-order valence-corrected chi connectivity index (χ4v) is 3.32. The van der Waals surface area contributed by atoms with Gasteiger partial charge in [0.05, 0.1) is 7.11 Å². The second-order valence-electron chi connectivity index (χ2n) is 6.95. The highest BCUT2D eigenvalue weighted by Crippen LogP contribution is 2.27. The van der Waals surface area contributed by atoms with Crippen molar-refractivity contribution in [2.75, 3.05) is 13.7 Å². The van der Waals surface area contributed by atoms with Gasteiger partial charge in [0, 0.05) is 43.2 Å². The Labute approximate surface area is 174 Å². The summed E-state index contributed by atoms with van der Waals surface area (Å²) in [5.74, 6) is 0.186. The maximum absolute atomic E-state index is 11.2. The van der Waals surface area contributed by atoms with Crippen LogP contribution in [0.2, 0.25) is 0 Å². The van der Waals surface area contributed by atoms with Crippen LogP contribution in [0.5, 0.6) is 5.75 Å². The van der Waals surface area contributed by atoms with Gasteiger partial charge in [-0.05, 0) is 47.4 Å². The van der Waals surface area contributed by atoms with E-state index >= 15 is 0 Å². The minimum absolute atomic E-state index is 0.0399. The zero-order valence-electron chi connectivity index (χ0n) is 17.0. The molecule has 0 saturated heterocycles. The summed E-state index contributed by atoms with van der Waals surface area (Å²) in [6.45, 7) is 2.78. The molecule has 0 aliphatic rings. The van der Waals surface area contributed by atoms with Crippen LogP contribution in [0.1, 0.15) is 23.6 Å². The number of hydroxylamine groups is 1. The number of hydrogen-bond acceptors (Lipinski definition) is 4. The fourth-order valence-electron chi connectivity index (χ4n) is 3.32. The lowest BCUT2D eigenvalue weighted by Crippen LogP contribution is -2.22. The van der Waals surface area contributed by atoms with E-state index in [1.807, 2.05) is 42.5 Å². The summed E-state index contributed by atoms with van der Waals surface area (Å²) in [6, 6.07) is 13.9. The van der Waals surface area contributed by atoms with E-state index < -0.39 is 5.91 Å². The van der Waals surface area contributed by atoms with Crippen molar-refractivity contribution in [2.45, 2.75) is 19.9 Å². The molecule has 0 aliphatic heterocycles. The fraction of sp³-hybridized carbons (Fsp3) is 0.217. The molecule has 1 aromatic heterocycles. The lowest BCUT2D eigenvalue weighted by molar-refractivity contribution is -0.124. The summed E-state index contributed by atoms with van der Waals surface area (Å²) >= 11 is 0. The van der Waals surface area contributed by atoms with Crippen LogP contribution in [0, 0.1) is 0 Å². The van der Waals surface area contributed by atoms with E-state index in [2.05, 4.69) is 16.1 Å². The second-order valence-corrected chi connectivity index (χ2v) is 6.95. The lowest BCUT2D eigenvalue weighted by Gasteiger charge is -2.07. The Balaban J connectivity index is 1.83. The van der Waals surface area contributed by atoms with Gasteiger partial charge in [0.15, 0.2) is 0 Å². The number of hydrogen-bond donors (Lipinski definition) is 3. The number of nitrogens with zero attached hydrogens (tertiary/aromatic N) is 1. The molecule has 0 radical (unpaired) electrons. The van der Waals surface area contributed by atoms with Crippen molar-refractivity contribution in [2.24, 2.45) is 0 Å². The van der Waals surface area contributed by atoms with Gasteiger partial charge in [0.2, 0.25) is 5.91 Å². The molecule has 2 amide bonds. The third-order valence-corrected chi connectivity index (χ3v) is 4.81. The largest absolute Gasteiger partial charge is 0.497 e. The van der Waals surface area contributed by atoms with Gasteiger partial charge in [-0.15, -0.1) is 0 Å². The van der Waals surface area contributed by atoms with Crippen LogP contribution in [0.15, 0.2) is 54.7 Å². The first kappa shape index (κ1) is 21.1. The second kappa shape index (κ2) is 9.76. The first-order valence-electron chi connectivity index (χ1n) is 9.61. The third-order valence-electron chi connectivity index (χ3n) is 4.81. The summed E-state index contributed by atoms with van der Waals surface area (Å²) in [7, 11) is 1.65. The van der Waals surface area contributed by atoms with Crippen molar-refractivity contribution in [1.29, 1.82) is 0 Å². The molecule has 0 unspecified atom stereocenters. The van der Waals surface area contributed by atoms with Gasteiger partial charge in [0.1, 0.15) is 5.75 Å². The zero-order chi connectivity index (χ0) is 21.5. The predicted octanol–water partition coefficient (Wildman–Crippen LogP) is 2.90. The van der Waals surface area contributed by atoms with E-state index in [9.17, 15) is 9.59 Å². The van der Waals surface area contributed by atoms with E-state index in [0.717, 1.165) is 39.8 Å². The monoisotopic (exact) mass is 407 g/mol. The smallest absolute Gasteiger partial charge is 0.267 e. The van der Waals surface area contributed by atoms with Crippen LogP contribution >= 0.6 is 0 Å². The molecular formula is C23H25N3O4. The molecule has 156 valence electrons. The molecule has 0 atom stereocenters. The number of carbonyl (C=O) groups is 2. The van der Waals surface area contributed by atoms with Gasteiger partial charge in [0.25, 0.3) is 5.91 Å². The van der Waals surface area contributed by atoms with Gasteiger partial charge >= 0.3 is 0 Å². The molecule has 0 bridgehead atoms. The molecule has 7 heteroatoms. The third kappa shape index (κ3) is 5.27. The summed E-state index contributed by atoms with van der Waals surface area (Å²) in [4.78, 5) is 22.3. The topological polar surface area (TPSA) is 92.6 Å². The van der Waals surface area contributed by atoms with Crippen molar-refractivity contribution >= 4 is 28.8 Å². The van der Waals surface area contributed by atoms with Crippen LogP contribution in [0.25, 0.3) is 17.0 Å². The summed E-state index contributed by atoms with van der Waals surface area (Å²) in [5, 5.41) is 12.5. The average Bonchev–Trinajstić information content (AvgIpc) is 3.09. The lowest BCUT2D eigenvalue weighted by atomic mass is 10.1. The molecule has 30 heavy (non-hydrogen) atoms. The van der Waals surface area contributed by atoms with Gasteiger partial charge in [-0.25, -0.2) is 5.48 Å². The Morgan fingerprint density at radius 3 is 2.60 bits per heavy atom. The van der Waals surface area contributed by atoms with Gasteiger partial charge in [-0.1, -0.05) is 24.3 Å². The molecule has 3 N–H and O–H groups in total. The quantitative estimate of drug-likeness (QED) is 0.304. The first-order valence-corrected chi connectivity index (χ1v) is 9.61. The highest BCUT2D eigenvalue weighted by molar-refractivity contribution is 5.90. The number of fused-ring (bicyclic) bond motifs is 1. The molecule has 0 saturated carbocycles. The molecule has 0 fully saturated rings. The van der Waals surface area contributed by atoms with Crippen LogP contribution in [-0.2, 0) is 22.6 Å². The van der Waals surface area contributed by atoms with Gasteiger partial charge in [-0.2, -0.15) is 0 Å². The van der Waals surface area contributed by atoms with Crippen LogP contribution in [-0.4, -0.2) is 35.2 Å². The van der Waals surface area contributed by atoms with Crippen LogP contribution in [0.4, 0.5) is 0 Å². The van der Waals surface area contributed by atoms with Gasteiger partial charge < -0.3 is 14.6 Å². The molecule has 2 aromatic carbocycles. The van der Waals surface area contributed by atoms with E-state index in [1.54, 1.807) is 18.7 Å². The molecule has 0 aliphatic carbocycles. The van der Waals surface area contributed by atoms with E-state index in [1.165, 1.54) is 13.0 Å². The highest BCUT2D eigenvalue weighted by atomic mass is 16.5. The standard InChI is InChI=1S/C23H25N3O4/c1-16(27)24-12-11-19-15-26(22-9-8-20(30-2)13-21(19)22)14-18-5-3-17(4-6-18)7-10-23(28)25-29/h3-10,13,15,29H,11-12,14H2,1-2H3,(H,24,27)(H,25,28)/b10-7+. The number of methoxy groups -OCH3 is 1. The average molecular weight is 407 g/mol. The number of aromatic nitrogens is 1. The van der Waals surface area contributed by atoms with Crippen molar-refractivity contribution in [3.8, 4) is 5.75 Å². The van der Waals surface area contributed by atoms with Gasteiger partial charge in [-0.3, -0.25) is 14.8 Å². The Hall–Kier alpha value is -3.58. The number of amides is 2. The number of nitrogens with one attached hydrogen (secondary N) is 2. The minimum Gasteiger partial charge on any atom is -0.497 e. The predicted molar refractivity (Wildman–Crippen MR) is 115 cm³/mol. The molecule has 3 rings (SSSR count). The van der Waals surface area contributed by atoms with E-state index in [-0.39, 0.29) is 5.91 Å². The number of carbonyl (C=O) groups excluding carboxylic acids is 2. The number of benzene rings is 2. The normalized spacial score (nSPS) is 11.0. The van der Waals surface area contributed by atoms with Crippen molar-refractivity contribution in [3.63, 3.8) is 0 Å². The molecule has 0 spiro atoms. The first-order chi connectivity index (χ1) is 14.5. The SMILES string of the molecule is COc1ccc2c(c1)c(CCNC(C)=O)cn2Cc1ccc(/C=C/C(=O)NO)cc1. The number of rotatable bonds is 8. The summed E-state index contributed by atoms with van der Waals surface area (Å²) < 4.78 is 7.56. The molecule has 7 nitrogen and oxygen atoms in total. The van der Waals surface area contributed by atoms with E-state index in [0.29, 0.717) is 13.1 Å². The van der Waals surface area contributed by atoms with Crippen molar-refractivity contribution in [3.05, 3.63) is 71.4 Å².